The van der Waals surface area contributed by atoms with Crippen molar-refractivity contribution >= 4 is 23.6 Å². The van der Waals surface area contributed by atoms with Crippen molar-refractivity contribution < 1.29 is 14.3 Å². The minimum atomic E-state index is -0.655. The molecule has 0 aliphatic carbocycles. The number of aromatic nitrogens is 2. The molecule has 0 radical (unpaired) electrons. The third-order valence-corrected chi connectivity index (χ3v) is 2.72. The predicted molar refractivity (Wildman–Crippen MR) is 58.9 cm³/mol. The van der Waals surface area contributed by atoms with Gasteiger partial charge in [-0.05, 0) is 0 Å². The third-order valence-electron chi connectivity index (χ3n) is 1.72. The van der Waals surface area contributed by atoms with Gasteiger partial charge in [-0.1, -0.05) is 11.8 Å². The molecule has 0 spiro atoms. The summed E-state index contributed by atoms with van der Waals surface area (Å²) in [6.45, 7) is 1.35. The first-order valence-electron chi connectivity index (χ1n) is 4.60. The van der Waals surface area contributed by atoms with Gasteiger partial charge in [-0.2, -0.15) is 0 Å². The van der Waals surface area contributed by atoms with Gasteiger partial charge < -0.3 is 15.0 Å². The fourth-order valence-electron chi connectivity index (χ4n) is 1.05. The molecule has 0 bridgehead atoms. The molecule has 1 aromatic heterocycles. The first kappa shape index (κ1) is 12.6. The van der Waals surface area contributed by atoms with Crippen LogP contribution in [0.2, 0.25) is 0 Å². The Morgan fingerprint density at radius 2 is 2.44 bits per heavy atom. The Morgan fingerprint density at radius 1 is 1.69 bits per heavy atom. The predicted octanol–water partition coefficient (Wildman–Crippen LogP) is 0.179. The van der Waals surface area contributed by atoms with E-state index in [0.717, 1.165) is 0 Å². The molecule has 88 valence electrons. The highest BCUT2D eigenvalue weighted by Gasteiger charge is 2.20. The van der Waals surface area contributed by atoms with Gasteiger partial charge in [0.1, 0.15) is 6.04 Å². The second-order valence-electron chi connectivity index (χ2n) is 2.98. The maximum Gasteiger partial charge on any atom is 0.329 e. The molecule has 1 amide bonds. The number of hydrogen-bond acceptors (Lipinski definition) is 5. The summed E-state index contributed by atoms with van der Waals surface area (Å²) in [5.41, 5.74) is 0. The van der Waals surface area contributed by atoms with E-state index in [0.29, 0.717) is 10.9 Å². The maximum absolute atomic E-state index is 11.3. The lowest BCUT2D eigenvalue weighted by atomic mass is 10.3. The van der Waals surface area contributed by atoms with Crippen LogP contribution in [0, 0.1) is 0 Å². The smallest absolute Gasteiger partial charge is 0.329 e. The molecule has 0 fully saturated rings. The highest BCUT2D eigenvalue weighted by atomic mass is 32.2. The number of methoxy groups -OCH3 is 1. The van der Waals surface area contributed by atoms with Crippen LogP contribution >= 0.6 is 11.8 Å². The molecule has 2 N–H and O–H groups in total. The zero-order chi connectivity index (χ0) is 12.0. The third kappa shape index (κ3) is 3.93. The summed E-state index contributed by atoms with van der Waals surface area (Å²) in [4.78, 5) is 29.1. The number of nitrogens with zero attached hydrogens (tertiary/aromatic N) is 1. The zero-order valence-electron chi connectivity index (χ0n) is 9.02. The summed E-state index contributed by atoms with van der Waals surface area (Å²) in [6.07, 6.45) is 3.31. The van der Waals surface area contributed by atoms with Crippen LogP contribution < -0.4 is 5.32 Å². The van der Waals surface area contributed by atoms with Crippen molar-refractivity contribution in [1.29, 1.82) is 0 Å². The Hall–Kier alpha value is -1.50. The van der Waals surface area contributed by atoms with Crippen LogP contribution in [0.1, 0.15) is 6.92 Å². The summed E-state index contributed by atoms with van der Waals surface area (Å²) in [6, 6.07) is -0.655. The van der Waals surface area contributed by atoms with E-state index in [2.05, 4.69) is 20.0 Å². The molecule has 6 nitrogen and oxygen atoms in total. The van der Waals surface area contributed by atoms with Gasteiger partial charge in [-0.3, -0.25) is 4.79 Å². The zero-order valence-corrected chi connectivity index (χ0v) is 9.84. The molecule has 1 aromatic rings. The van der Waals surface area contributed by atoms with Crippen LogP contribution in [0.4, 0.5) is 0 Å². The van der Waals surface area contributed by atoms with Crippen molar-refractivity contribution in [2.75, 3.05) is 12.9 Å². The van der Waals surface area contributed by atoms with Gasteiger partial charge in [0.05, 0.1) is 7.11 Å². The standard InChI is InChI=1S/C9H13N3O3S/c1-6(13)12-7(8(14)15-2)5-16-9-10-3-4-11-9/h3-4,7H,5H2,1-2H3,(H,10,11)(H,12,13). The average molecular weight is 243 g/mol. The number of nitrogens with one attached hydrogen (secondary N) is 2. The number of H-pyrrole nitrogens is 1. The van der Waals surface area contributed by atoms with E-state index >= 15 is 0 Å². The number of aromatic amines is 1. The molecule has 0 aliphatic heterocycles. The summed E-state index contributed by atoms with van der Waals surface area (Å²) >= 11 is 1.34. The SMILES string of the molecule is COC(=O)C(CSc1ncc[nH]1)NC(C)=O. The van der Waals surface area contributed by atoms with Gasteiger partial charge in [0, 0.05) is 25.1 Å². The molecular weight excluding hydrogens is 230 g/mol. The van der Waals surface area contributed by atoms with Crippen LogP contribution in [-0.4, -0.2) is 40.7 Å². The van der Waals surface area contributed by atoms with Crippen molar-refractivity contribution in [3.63, 3.8) is 0 Å². The number of rotatable bonds is 5. The summed E-state index contributed by atoms with van der Waals surface area (Å²) in [5.74, 6) is -0.357. The Bertz CT molecular complexity index is 353. The van der Waals surface area contributed by atoms with Crippen molar-refractivity contribution in [2.24, 2.45) is 0 Å². The topological polar surface area (TPSA) is 84.1 Å². The fourth-order valence-corrected chi connectivity index (χ4v) is 1.88. The van der Waals surface area contributed by atoms with Crippen LogP contribution in [0.15, 0.2) is 17.6 Å². The van der Waals surface area contributed by atoms with Gasteiger partial charge in [0.25, 0.3) is 0 Å². The monoisotopic (exact) mass is 243 g/mol. The lowest BCUT2D eigenvalue weighted by molar-refractivity contribution is -0.144. The molecule has 1 heterocycles. The number of hydrogen-bond donors (Lipinski definition) is 2. The number of ether oxygens (including phenoxy) is 1. The van der Waals surface area contributed by atoms with Crippen molar-refractivity contribution in [3.05, 3.63) is 12.4 Å². The van der Waals surface area contributed by atoms with E-state index in [-0.39, 0.29) is 5.91 Å². The second-order valence-corrected chi connectivity index (χ2v) is 3.99. The highest BCUT2D eigenvalue weighted by molar-refractivity contribution is 7.99. The molecule has 1 atom stereocenters. The van der Waals surface area contributed by atoms with E-state index < -0.39 is 12.0 Å². The number of esters is 1. The molecule has 1 unspecified atom stereocenters. The Labute approximate surface area is 97.2 Å². The second kappa shape index (κ2) is 6.16. The molecule has 1 rings (SSSR count). The van der Waals surface area contributed by atoms with Crippen LogP contribution in [0.5, 0.6) is 0 Å². The van der Waals surface area contributed by atoms with Gasteiger partial charge in [0.15, 0.2) is 5.16 Å². The molecule has 7 heteroatoms. The number of amides is 1. The van der Waals surface area contributed by atoms with Gasteiger partial charge in [-0.25, -0.2) is 9.78 Å². The van der Waals surface area contributed by atoms with Crippen molar-refractivity contribution in [3.8, 4) is 0 Å². The normalized spacial score (nSPS) is 11.9. The molecule has 16 heavy (non-hydrogen) atoms. The van der Waals surface area contributed by atoms with E-state index in [1.165, 1.54) is 25.8 Å². The number of thioether (sulfide) groups is 1. The summed E-state index contributed by atoms with van der Waals surface area (Å²) in [5, 5.41) is 3.21. The minimum Gasteiger partial charge on any atom is -0.467 e. The fraction of sp³-hybridized carbons (Fsp3) is 0.444. The number of carbonyl (C=O) groups excluding carboxylic acids is 2. The number of imidazole rings is 1. The van der Waals surface area contributed by atoms with E-state index in [4.69, 9.17) is 0 Å². The van der Waals surface area contributed by atoms with Crippen molar-refractivity contribution in [2.45, 2.75) is 18.1 Å². The summed E-state index contributed by atoms with van der Waals surface area (Å²) < 4.78 is 4.59. The van der Waals surface area contributed by atoms with Gasteiger partial charge in [0.2, 0.25) is 5.91 Å². The Balaban J connectivity index is 2.50. The quantitative estimate of drug-likeness (QED) is 0.569. The molecule has 0 aliphatic rings. The first-order chi connectivity index (χ1) is 7.63. The lowest BCUT2D eigenvalue weighted by Crippen LogP contribution is -2.42. The average Bonchev–Trinajstić information content (AvgIpc) is 2.75. The van der Waals surface area contributed by atoms with Crippen LogP contribution in [-0.2, 0) is 14.3 Å². The van der Waals surface area contributed by atoms with E-state index in [1.807, 2.05) is 0 Å². The highest BCUT2D eigenvalue weighted by Crippen LogP contribution is 2.13. The minimum absolute atomic E-state index is 0.268. The Morgan fingerprint density at radius 3 is 2.94 bits per heavy atom. The van der Waals surface area contributed by atoms with E-state index in [1.54, 1.807) is 12.4 Å². The maximum atomic E-state index is 11.3. The van der Waals surface area contributed by atoms with Crippen LogP contribution in [0.25, 0.3) is 0 Å². The summed E-state index contributed by atoms with van der Waals surface area (Å²) in [7, 11) is 1.29. The molecule has 0 saturated heterocycles. The van der Waals surface area contributed by atoms with E-state index in [9.17, 15) is 9.59 Å². The largest absolute Gasteiger partial charge is 0.467 e. The Kier molecular flexibility index (Phi) is 4.84. The number of carbonyl (C=O) groups is 2. The van der Waals surface area contributed by atoms with Crippen LogP contribution in [0.3, 0.4) is 0 Å². The molecule has 0 aromatic carbocycles. The lowest BCUT2D eigenvalue weighted by Gasteiger charge is -2.13. The van der Waals surface area contributed by atoms with Crippen molar-refractivity contribution in [1.82, 2.24) is 15.3 Å². The molecule has 0 saturated carbocycles. The van der Waals surface area contributed by atoms with Gasteiger partial charge in [-0.15, -0.1) is 0 Å². The van der Waals surface area contributed by atoms with Gasteiger partial charge >= 0.3 is 5.97 Å². The first-order valence-corrected chi connectivity index (χ1v) is 5.59. The molecular formula is C9H13N3O3S.